The molecule has 104 valence electrons. The van der Waals surface area contributed by atoms with Crippen molar-refractivity contribution < 1.29 is 19.5 Å². The standard InChI is InChI=1S/C12H22N2O4/c1-2-3-9-4-6-10(7-5-9)13-12(17)14-18-8-11(15)16/h9-10H,2-8H2,1H3,(H,15,16)(H2,13,14,17). The van der Waals surface area contributed by atoms with Crippen molar-refractivity contribution in [2.45, 2.75) is 51.5 Å². The molecule has 0 aromatic rings. The zero-order valence-corrected chi connectivity index (χ0v) is 10.8. The zero-order chi connectivity index (χ0) is 13.4. The summed E-state index contributed by atoms with van der Waals surface area (Å²) < 4.78 is 0. The molecule has 18 heavy (non-hydrogen) atoms. The van der Waals surface area contributed by atoms with Crippen molar-refractivity contribution in [3.05, 3.63) is 0 Å². The third kappa shape index (κ3) is 5.86. The van der Waals surface area contributed by atoms with Crippen LogP contribution in [0.3, 0.4) is 0 Å². The molecule has 1 fully saturated rings. The molecule has 1 saturated carbocycles. The Kier molecular flexibility index (Phi) is 6.49. The highest BCUT2D eigenvalue weighted by molar-refractivity contribution is 5.73. The normalized spacial score (nSPS) is 23.4. The fraction of sp³-hybridized carbons (Fsp3) is 0.833. The van der Waals surface area contributed by atoms with E-state index in [9.17, 15) is 9.59 Å². The minimum absolute atomic E-state index is 0.173. The predicted octanol–water partition coefficient (Wildman–Crippen LogP) is 1.66. The lowest BCUT2D eigenvalue weighted by molar-refractivity contribution is -0.144. The summed E-state index contributed by atoms with van der Waals surface area (Å²) in [6.45, 7) is 1.66. The largest absolute Gasteiger partial charge is 0.479 e. The first-order valence-electron chi connectivity index (χ1n) is 6.52. The van der Waals surface area contributed by atoms with Crippen LogP contribution in [0.4, 0.5) is 4.79 Å². The van der Waals surface area contributed by atoms with Crippen LogP contribution in [0.15, 0.2) is 0 Å². The second kappa shape index (κ2) is 7.92. The maximum atomic E-state index is 11.4. The summed E-state index contributed by atoms with van der Waals surface area (Å²) in [5.74, 6) is -0.324. The van der Waals surface area contributed by atoms with E-state index in [1.165, 1.54) is 12.8 Å². The average molecular weight is 258 g/mol. The molecule has 0 radical (unpaired) electrons. The minimum atomic E-state index is -1.12. The van der Waals surface area contributed by atoms with E-state index in [0.29, 0.717) is 0 Å². The highest BCUT2D eigenvalue weighted by atomic mass is 16.7. The summed E-state index contributed by atoms with van der Waals surface area (Å²) in [6, 6.07) is -0.290. The molecule has 0 heterocycles. The van der Waals surface area contributed by atoms with Gasteiger partial charge in [-0.05, 0) is 31.6 Å². The van der Waals surface area contributed by atoms with Crippen molar-refractivity contribution >= 4 is 12.0 Å². The molecule has 0 aromatic carbocycles. The molecular weight excluding hydrogens is 236 g/mol. The van der Waals surface area contributed by atoms with Gasteiger partial charge in [0.2, 0.25) is 0 Å². The molecule has 1 aliphatic carbocycles. The Bertz CT molecular complexity index is 275. The van der Waals surface area contributed by atoms with Crippen LogP contribution in [0.2, 0.25) is 0 Å². The van der Waals surface area contributed by atoms with Crippen molar-refractivity contribution in [2.24, 2.45) is 5.92 Å². The number of amides is 2. The lowest BCUT2D eigenvalue weighted by atomic mass is 9.83. The van der Waals surface area contributed by atoms with Crippen LogP contribution in [-0.2, 0) is 9.63 Å². The van der Waals surface area contributed by atoms with Gasteiger partial charge in [-0.25, -0.2) is 15.1 Å². The van der Waals surface area contributed by atoms with Gasteiger partial charge >= 0.3 is 12.0 Å². The molecule has 6 heteroatoms. The number of hydrogen-bond acceptors (Lipinski definition) is 3. The molecule has 0 saturated heterocycles. The van der Waals surface area contributed by atoms with Gasteiger partial charge in [0.1, 0.15) is 0 Å². The Morgan fingerprint density at radius 2 is 1.94 bits per heavy atom. The third-order valence-electron chi connectivity index (χ3n) is 3.24. The van der Waals surface area contributed by atoms with E-state index < -0.39 is 18.6 Å². The van der Waals surface area contributed by atoms with Crippen molar-refractivity contribution in [1.82, 2.24) is 10.8 Å². The van der Waals surface area contributed by atoms with Crippen molar-refractivity contribution in [2.75, 3.05) is 6.61 Å². The predicted molar refractivity (Wildman–Crippen MR) is 65.9 cm³/mol. The van der Waals surface area contributed by atoms with Crippen molar-refractivity contribution in [3.8, 4) is 0 Å². The summed E-state index contributed by atoms with van der Waals surface area (Å²) in [5.41, 5.74) is 2.07. The fourth-order valence-electron chi connectivity index (χ4n) is 2.38. The number of aliphatic carboxylic acids is 1. The molecule has 0 bridgehead atoms. The lowest BCUT2D eigenvalue weighted by Gasteiger charge is -2.28. The smallest absolute Gasteiger partial charge is 0.338 e. The number of nitrogens with one attached hydrogen (secondary N) is 2. The van der Waals surface area contributed by atoms with Crippen molar-refractivity contribution in [1.29, 1.82) is 0 Å². The maximum Gasteiger partial charge on any atom is 0.338 e. The summed E-state index contributed by atoms with van der Waals surface area (Å²) in [7, 11) is 0. The van der Waals surface area contributed by atoms with Crippen LogP contribution in [-0.4, -0.2) is 29.8 Å². The topological polar surface area (TPSA) is 87.7 Å². The highest BCUT2D eigenvalue weighted by Crippen LogP contribution is 2.27. The summed E-state index contributed by atoms with van der Waals surface area (Å²) >= 11 is 0. The Hall–Kier alpha value is -1.30. The van der Waals surface area contributed by atoms with Crippen LogP contribution in [0.5, 0.6) is 0 Å². The van der Waals surface area contributed by atoms with Gasteiger partial charge in [-0.3, -0.25) is 4.84 Å². The first-order valence-corrected chi connectivity index (χ1v) is 6.52. The first kappa shape index (κ1) is 14.8. The number of carbonyl (C=O) groups is 2. The maximum absolute atomic E-state index is 11.4. The van der Waals surface area contributed by atoms with Gasteiger partial charge in [0, 0.05) is 6.04 Å². The monoisotopic (exact) mass is 258 g/mol. The van der Waals surface area contributed by atoms with Crippen LogP contribution in [0, 0.1) is 5.92 Å². The lowest BCUT2D eigenvalue weighted by Crippen LogP contribution is -2.44. The van der Waals surface area contributed by atoms with Crippen LogP contribution in [0.25, 0.3) is 0 Å². The Morgan fingerprint density at radius 1 is 1.28 bits per heavy atom. The number of hydroxylamine groups is 1. The number of hydrogen-bond donors (Lipinski definition) is 3. The second-order valence-corrected chi connectivity index (χ2v) is 4.76. The van der Waals surface area contributed by atoms with E-state index in [2.05, 4.69) is 22.6 Å². The zero-order valence-electron chi connectivity index (χ0n) is 10.8. The molecule has 0 aromatic heterocycles. The number of carbonyl (C=O) groups excluding carboxylic acids is 1. The molecule has 0 spiro atoms. The van der Waals surface area contributed by atoms with E-state index in [-0.39, 0.29) is 6.04 Å². The van der Waals surface area contributed by atoms with Gasteiger partial charge in [0.05, 0.1) is 0 Å². The van der Waals surface area contributed by atoms with E-state index in [1.54, 1.807) is 0 Å². The number of urea groups is 1. The van der Waals surface area contributed by atoms with Crippen LogP contribution < -0.4 is 10.8 Å². The molecule has 0 unspecified atom stereocenters. The van der Waals surface area contributed by atoms with Gasteiger partial charge in [0.15, 0.2) is 6.61 Å². The number of carboxylic acid groups (broad SMARTS) is 1. The van der Waals surface area contributed by atoms with E-state index >= 15 is 0 Å². The quantitative estimate of drug-likeness (QED) is 0.632. The fourth-order valence-corrected chi connectivity index (χ4v) is 2.38. The SMILES string of the molecule is CCCC1CCC(NC(=O)NOCC(=O)O)CC1. The number of carboxylic acids is 1. The van der Waals surface area contributed by atoms with Gasteiger partial charge in [-0.2, -0.15) is 0 Å². The molecule has 2 amide bonds. The minimum Gasteiger partial charge on any atom is -0.479 e. The van der Waals surface area contributed by atoms with Gasteiger partial charge < -0.3 is 10.4 Å². The van der Waals surface area contributed by atoms with Crippen molar-refractivity contribution in [3.63, 3.8) is 0 Å². The van der Waals surface area contributed by atoms with Crippen LogP contribution >= 0.6 is 0 Å². The van der Waals surface area contributed by atoms with E-state index in [1.807, 2.05) is 0 Å². The van der Waals surface area contributed by atoms with Crippen LogP contribution in [0.1, 0.15) is 45.4 Å². The summed E-state index contributed by atoms with van der Waals surface area (Å²) in [4.78, 5) is 26.0. The molecular formula is C12H22N2O4. The Labute approximate surface area is 107 Å². The highest BCUT2D eigenvalue weighted by Gasteiger charge is 2.21. The Morgan fingerprint density at radius 3 is 2.50 bits per heavy atom. The first-order chi connectivity index (χ1) is 8.61. The molecule has 1 rings (SSSR count). The second-order valence-electron chi connectivity index (χ2n) is 4.76. The van der Waals surface area contributed by atoms with Gasteiger partial charge in [-0.15, -0.1) is 0 Å². The number of rotatable bonds is 6. The molecule has 0 aliphatic heterocycles. The third-order valence-corrected chi connectivity index (χ3v) is 3.24. The summed E-state index contributed by atoms with van der Waals surface area (Å²) in [6.07, 6.45) is 6.74. The molecule has 0 atom stereocenters. The molecule has 1 aliphatic rings. The van der Waals surface area contributed by atoms with E-state index in [4.69, 9.17) is 5.11 Å². The molecule has 6 nitrogen and oxygen atoms in total. The van der Waals surface area contributed by atoms with Gasteiger partial charge in [0.25, 0.3) is 0 Å². The van der Waals surface area contributed by atoms with E-state index in [0.717, 1.165) is 31.6 Å². The molecule has 3 N–H and O–H groups in total. The van der Waals surface area contributed by atoms with Gasteiger partial charge in [-0.1, -0.05) is 19.8 Å². The summed E-state index contributed by atoms with van der Waals surface area (Å²) in [5, 5.41) is 11.1. The Balaban J connectivity index is 2.12. The average Bonchev–Trinajstić information content (AvgIpc) is 2.31.